The lowest BCUT2D eigenvalue weighted by Crippen LogP contribution is -2.36. The molecular weight excluding hydrogens is 293 g/mol. The van der Waals surface area contributed by atoms with E-state index in [0.29, 0.717) is 23.2 Å². The SMILES string of the molecule is Cc1ccc(CNC(=O)N(C)Cc2cccc(C#N)c2)cc1F. The van der Waals surface area contributed by atoms with Crippen molar-refractivity contribution in [2.75, 3.05) is 7.05 Å². The van der Waals surface area contributed by atoms with Gasteiger partial charge in [0.05, 0.1) is 11.6 Å². The van der Waals surface area contributed by atoms with Crippen LogP contribution in [0.5, 0.6) is 0 Å². The molecular formula is C18H18FN3O. The molecule has 23 heavy (non-hydrogen) atoms. The number of aryl methyl sites for hydroxylation is 1. The Bertz CT molecular complexity index is 752. The molecule has 0 unspecified atom stereocenters. The Kier molecular flexibility index (Phi) is 5.32. The molecule has 5 heteroatoms. The van der Waals surface area contributed by atoms with Crippen LogP contribution in [0.3, 0.4) is 0 Å². The van der Waals surface area contributed by atoms with Crippen LogP contribution >= 0.6 is 0 Å². The van der Waals surface area contributed by atoms with Gasteiger partial charge in [0.25, 0.3) is 0 Å². The van der Waals surface area contributed by atoms with Gasteiger partial charge in [-0.25, -0.2) is 9.18 Å². The van der Waals surface area contributed by atoms with E-state index in [1.165, 1.54) is 11.0 Å². The molecule has 0 heterocycles. The molecule has 0 aliphatic carbocycles. The van der Waals surface area contributed by atoms with Crippen molar-refractivity contribution >= 4 is 6.03 Å². The largest absolute Gasteiger partial charge is 0.334 e. The average molecular weight is 311 g/mol. The quantitative estimate of drug-likeness (QED) is 0.941. The van der Waals surface area contributed by atoms with Crippen molar-refractivity contribution in [2.24, 2.45) is 0 Å². The maximum Gasteiger partial charge on any atom is 0.317 e. The van der Waals surface area contributed by atoms with Gasteiger partial charge in [0, 0.05) is 20.1 Å². The first-order valence-electron chi connectivity index (χ1n) is 7.22. The van der Waals surface area contributed by atoms with E-state index < -0.39 is 0 Å². The van der Waals surface area contributed by atoms with E-state index in [-0.39, 0.29) is 18.4 Å². The van der Waals surface area contributed by atoms with Crippen LogP contribution in [0.15, 0.2) is 42.5 Å². The number of rotatable bonds is 4. The average Bonchev–Trinajstić information content (AvgIpc) is 2.55. The molecule has 0 saturated carbocycles. The van der Waals surface area contributed by atoms with E-state index in [4.69, 9.17) is 5.26 Å². The van der Waals surface area contributed by atoms with Gasteiger partial charge in [-0.1, -0.05) is 24.3 Å². The molecule has 0 aromatic heterocycles. The van der Waals surface area contributed by atoms with E-state index in [2.05, 4.69) is 11.4 Å². The summed E-state index contributed by atoms with van der Waals surface area (Å²) in [6.07, 6.45) is 0. The maximum absolute atomic E-state index is 13.5. The normalized spacial score (nSPS) is 10.0. The molecule has 118 valence electrons. The Morgan fingerprint density at radius 1 is 1.26 bits per heavy atom. The summed E-state index contributed by atoms with van der Waals surface area (Å²) in [7, 11) is 1.67. The second-order valence-corrected chi connectivity index (χ2v) is 5.41. The Morgan fingerprint density at radius 3 is 2.74 bits per heavy atom. The van der Waals surface area contributed by atoms with Crippen molar-refractivity contribution in [2.45, 2.75) is 20.0 Å². The summed E-state index contributed by atoms with van der Waals surface area (Å²) in [6.45, 7) is 2.35. The molecule has 4 nitrogen and oxygen atoms in total. The van der Waals surface area contributed by atoms with Crippen LogP contribution in [0.4, 0.5) is 9.18 Å². The number of halogens is 1. The van der Waals surface area contributed by atoms with E-state index in [1.54, 1.807) is 44.3 Å². The predicted molar refractivity (Wildman–Crippen MR) is 86.0 cm³/mol. The van der Waals surface area contributed by atoms with Crippen LogP contribution in [0.1, 0.15) is 22.3 Å². The number of benzene rings is 2. The molecule has 0 aliphatic rings. The number of hydrogen-bond acceptors (Lipinski definition) is 2. The van der Waals surface area contributed by atoms with Gasteiger partial charge in [-0.15, -0.1) is 0 Å². The fourth-order valence-electron chi connectivity index (χ4n) is 2.14. The number of carbonyl (C=O) groups excluding carboxylic acids is 1. The zero-order chi connectivity index (χ0) is 16.8. The standard InChI is InChI=1S/C18H18FN3O/c1-13-6-7-15(9-17(13)19)11-21-18(23)22(2)12-16-5-3-4-14(8-16)10-20/h3-9H,11-12H2,1-2H3,(H,21,23). The first-order chi connectivity index (χ1) is 11.0. The van der Waals surface area contributed by atoms with Crippen LogP contribution in [-0.2, 0) is 13.1 Å². The summed E-state index contributed by atoms with van der Waals surface area (Å²) in [5, 5.41) is 11.6. The number of hydrogen-bond donors (Lipinski definition) is 1. The fourth-order valence-corrected chi connectivity index (χ4v) is 2.14. The summed E-state index contributed by atoms with van der Waals surface area (Å²) in [6, 6.07) is 13.8. The highest BCUT2D eigenvalue weighted by Gasteiger charge is 2.09. The third kappa shape index (κ3) is 4.55. The van der Waals surface area contributed by atoms with Crippen molar-refractivity contribution in [3.63, 3.8) is 0 Å². The Hall–Kier alpha value is -2.87. The van der Waals surface area contributed by atoms with E-state index in [0.717, 1.165) is 5.56 Å². The molecule has 0 saturated heterocycles. The smallest absolute Gasteiger partial charge is 0.317 e. The number of amides is 2. The van der Waals surface area contributed by atoms with Crippen LogP contribution in [0.2, 0.25) is 0 Å². The molecule has 0 radical (unpaired) electrons. The van der Waals surface area contributed by atoms with E-state index in [9.17, 15) is 9.18 Å². The zero-order valence-corrected chi connectivity index (χ0v) is 13.1. The monoisotopic (exact) mass is 311 g/mol. The molecule has 0 fully saturated rings. The first-order valence-corrected chi connectivity index (χ1v) is 7.22. The molecule has 2 amide bonds. The summed E-state index contributed by atoms with van der Waals surface area (Å²) in [4.78, 5) is 13.6. The van der Waals surface area contributed by atoms with Crippen molar-refractivity contribution in [3.05, 3.63) is 70.5 Å². The van der Waals surface area contributed by atoms with Gasteiger partial charge in [0.2, 0.25) is 0 Å². The Labute approximate surface area is 135 Å². The Morgan fingerprint density at radius 2 is 2.04 bits per heavy atom. The highest BCUT2D eigenvalue weighted by atomic mass is 19.1. The third-order valence-corrected chi connectivity index (χ3v) is 3.50. The van der Waals surface area contributed by atoms with Gasteiger partial charge in [-0.2, -0.15) is 5.26 Å². The van der Waals surface area contributed by atoms with Crippen LogP contribution < -0.4 is 5.32 Å². The molecule has 0 atom stereocenters. The number of carbonyl (C=O) groups is 1. The van der Waals surface area contributed by atoms with Crippen LogP contribution in [0, 0.1) is 24.1 Å². The van der Waals surface area contributed by atoms with Crippen molar-refractivity contribution in [1.29, 1.82) is 5.26 Å². The summed E-state index contributed by atoms with van der Waals surface area (Å²) < 4.78 is 13.5. The molecule has 0 spiro atoms. The number of nitriles is 1. The summed E-state index contributed by atoms with van der Waals surface area (Å²) >= 11 is 0. The van der Waals surface area contributed by atoms with Gasteiger partial charge < -0.3 is 10.2 Å². The van der Waals surface area contributed by atoms with E-state index >= 15 is 0 Å². The second kappa shape index (κ2) is 7.41. The predicted octanol–water partition coefficient (Wildman–Crippen LogP) is 3.35. The van der Waals surface area contributed by atoms with Gasteiger partial charge in [0.15, 0.2) is 0 Å². The molecule has 2 rings (SSSR count). The van der Waals surface area contributed by atoms with Crippen molar-refractivity contribution in [3.8, 4) is 6.07 Å². The van der Waals surface area contributed by atoms with Gasteiger partial charge in [-0.3, -0.25) is 0 Å². The summed E-state index contributed by atoms with van der Waals surface area (Å²) in [5.74, 6) is -0.279. The van der Waals surface area contributed by atoms with Crippen molar-refractivity contribution in [1.82, 2.24) is 10.2 Å². The molecule has 0 bridgehead atoms. The maximum atomic E-state index is 13.5. The Balaban J connectivity index is 1.92. The van der Waals surface area contributed by atoms with E-state index in [1.807, 2.05) is 6.07 Å². The second-order valence-electron chi connectivity index (χ2n) is 5.41. The first kappa shape index (κ1) is 16.5. The molecule has 2 aromatic carbocycles. The van der Waals surface area contributed by atoms with Gasteiger partial charge in [-0.05, 0) is 41.8 Å². The number of nitrogens with one attached hydrogen (secondary N) is 1. The third-order valence-electron chi connectivity index (χ3n) is 3.50. The van der Waals surface area contributed by atoms with Gasteiger partial charge >= 0.3 is 6.03 Å². The lowest BCUT2D eigenvalue weighted by Gasteiger charge is -2.18. The van der Waals surface area contributed by atoms with Crippen LogP contribution in [-0.4, -0.2) is 18.0 Å². The van der Waals surface area contributed by atoms with Crippen molar-refractivity contribution < 1.29 is 9.18 Å². The summed E-state index contributed by atoms with van der Waals surface area (Å²) in [5.41, 5.74) is 2.73. The molecule has 2 aromatic rings. The lowest BCUT2D eigenvalue weighted by molar-refractivity contribution is 0.206. The highest BCUT2D eigenvalue weighted by Crippen LogP contribution is 2.10. The number of nitrogens with zero attached hydrogens (tertiary/aromatic N) is 2. The minimum absolute atomic E-state index is 0.256. The minimum atomic E-state index is -0.279. The highest BCUT2D eigenvalue weighted by molar-refractivity contribution is 5.73. The topological polar surface area (TPSA) is 56.1 Å². The fraction of sp³-hybridized carbons (Fsp3) is 0.222. The lowest BCUT2D eigenvalue weighted by atomic mass is 10.1. The number of urea groups is 1. The van der Waals surface area contributed by atoms with Crippen LogP contribution in [0.25, 0.3) is 0 Å². The molecule has 1 N–H and O–H groups in total. The molecule has 0 aliphatic heterocycles. The zero-order valence-electron chi connectivity index (χ0n) is 13.1. The van der Waals surface area contributed by atoms with Gasteiger partial charge in [0.1, 0.15) is 5.82 Å². The minimum Gasteiger partial charge on any atom is -0.334 e.